The lowest BCUT2D eigenvalue weighted by molar-refractivity contribution is -0.385. The van der Waals surface area contributed by atoms with Crippen LogP contribution in [0.25, 0.3) is 0 Å². The van der Waals surface area contributed by atoms with Crippen molar-refractivity contribution in [1.82, 2.24) is 4.98 Å². The van der Waals surface area contributed by atoms with Crippen molar-refractivity contribution >= 4 is 11.4 Å². The number of anilines is 1. The van der Waals surface area contributed by atoms with E-state index < -0.39 is 22.4 Å². The van der Waals surface area contributed by atoms with Gasteiger partial charge in [-0.2, -0.15) is 13.2 Å². The lowest BCUT2D eigenvalue weighted by atomic mass is 10.2. The fourth-order valence-electron chi connectivity index (χ4n) is 1.49. The Morgan fingerprint density at radius 2 is 1.95 bits per heavy atom. The number of alkyl halides is 3. The molecule has 1 aromatic heterocycles. The van der Waals surface area contributed by atoms with Crippen molar-refractivity contribution in [2.75, 3.05) is 5.73 Å². The second-order valence-corrected chi connectivity index (χ2v) is 3.97. The van der Waals surface area contributed by atoms with Crippen LogP contribution in [0, 0.1) is 10.1 Å². The number of aromatic nitrogens is 1. The number of nitrogens with two attached hydrogens (primary N) is 1. The Morgan fingerprint density at radius 3 is 2.48 bits per heavy atom. The van der Waals surface area contributed by atoms with E-state index in [1.807, 2.05) is 0 Å². The zero-order chi connectivity index (χ0) is 15.6. The third-order valence-electron chi connectivity index (χ3n) is 2.46. The first kappa shape index (κ1) is 14.6. The summed E-state index contributed by atoms with van der Waals surface area (Å²) in [6.07, 6.45) is -3.42. The third kappa shape index (κ3) is 3.38. The van der Waals surface area contributed by atoms with E-state index in [0.717, 1.165) is 6.07 Å². The van der Waals surface area contributed by atoms with E-state index in [2.05, 4.69) is 4.98 Å². The average molecular weight is 299 g/mol. The molecule has 1 aromatic carbocycles. The molecule has 9 heteroatoms. The Bertz CT molecular complexity index is 672. The predicted octanol–water partition coefficient (Wildman–Crippen LogP) is 3.38. The van der Waals surface area contributed by atoms with E-state index >= 15 is 0 Å². The summed E-state index contributed by atoms with van der Waals surface area (Å²) in [5.74, 6) is -0.364. The maximum absolute atomic E-state index is 12.5. The van der Waals surface area contributed by atoms with Crippen molar-refractivity contribution in [3.63, 3.8) is 0 Å². The Hall–Kier alpha value is -2.84. The van der Waals surface area contributed by atoms with Crippen LogP contribution >= 0.6 is 0 Å². The van der Waals surface area contributed by atoms with E-state index in [1.165, 1.54) is 18.3 Å². The van der Waals surface area contributed by atoms with E-state index in [9.17, 15) is 23.3 Å². The van der Waals surface area contributed by atoms with Crippen LogP contribution in [0.1, 0.15) is 5.56 Å². The smallest absolute Gasteiger partial charge is 0.416 e. The third-order valence-corrected chi connectivity index (χ3v) is 2.46. The number of pyridine rings is 1. The summed E-state index contributed by atoms with van der Waals surface area (Å²) in [6.45, 7) is 0. The molecule has 0 saturated carbocycles. The van der Waals surface area contributed by atoms with Gasteiger partial charge in [0.25, 0.3) is 0 Å². The van der Waals surface area contributed by atoms with Gasteiger partial charge in [-0.1, -0.05) is 0 Å². The predicted molar refractivity (Wildman–Crippen MR) is 66.8 cm³/mol. The zero-order valence-corrected chi connectivity index (χ0v) is 10.3. The van der Waals surface area contributed by atoms with Gasteiger partial charge in [0.15, 0.2) is 0 Å². The first-order valence-corrected chi connectivity index (χ1v) is 5.52. The highest BCUT2D eigenvalue weighted by Crippen LogP contribution is 2.37. The van der Waals surface area contributed by atoms with Gasteiger partial charge in [0.2, 0.25) is 11.6 Å². The number of halogens is 3. The molecule has 0 spiro atoms. The highest BCUT2D eigenvalue weighted by Gasteiger charge is 2.33. The number of nitro benzene ring substituents is 1. The monoisotopic (exact) mass is 299 g/mol. The number of hydrogen-bond donors (Lipinski definition) is 1. The molecule has 0 aliphatic carbocycles. The zero-order valence-electron chi connectivity index (χ0n) is 10.3. The van der Waals surface area contributed by atoms with E-state index in [1.54, 1.807) is 0 Å². The van der Waals surface area contributed by atoms with Gasteiger partial charge in [-0.25, -0.2) is 4.98 Å². The highest BCUT2D eigenvalue weighted by atomic mass is 19.4. The van der Waals surface area contributed by atoms with Crippen LogP contribution in [0.2, 0.25) is 0 Å². The van der Waals surface area contributed by atoms with Gasteiger partial charge >= 0.3 is 11.9 Å². The standard InChI is InChI=1S/C12H8F3N3O3/c13-12(14,15)7-1-3-10(9(5-7)18(19)20)21-11-4-2-8(16)6-17-11/h1-6H,16H2. The van der Waals surface area contributed by atoms with Crippen molar-refractivity contribution in [2.45, 2.75) is 6.18 Å². The summed E-state index contributed by atoms with van der Waals surface area (Å²) in [5, 5.41) is 10.9. The molecule has 0 fully saturated rings. The van der Waals surface area contributed by atoms with E-state index in [-0.39, 0.29) is 11.6 Å². The summed E-state index contributed by atoms with van der Waals surface area (Å²) in [4.78, 5) is 13.7. The molecule has 2 rings (SSSR count). The second-order valence-electron chi connectivity index (χ2n) is 3.97. The molecule has 6 nitrogen and oxygen atoms in total. The van der Waals surface area contributed by atoms with E-state index in [4.69, 9.17) is 10.5 Å². The van der Waals surface area contributed by atoms with Crippen LogP contribution in [-0.2, 0) is 6.18 Å². The maximum Gasteiger partial charge on any atom is 0.416 e. The molecule has 0 saturated heterocycles. The fraction of sp³-hybridized carbons (Fsp3) is 0.0833. The largest absolute Gasteiger partial charge is 0.432 e. The highest BCUT2D eigenvalue weighted by molar-refractivity contribution is 5.51. The minimum Gasteiger partial charge on any atom is -0.432 e. The van der Waals surface area contributed by atoms with Gasteiger partial charge in [0, 0.05) is 12.1 Å². The lowest BCUT2D eigenvalue weighted by Crippen LogP contribution is -2.06. The molecule has 0 aliphatic rings. The number of rotatable bonds is 3. The molecular weight excluding hydrogens is 291 g/mol. The Labute approximate surface area is 116 Å². The molecule has 1 heterocycles. The van der Waals surface area contributed by atoms with Gasteiger partial charge in [-0.15, -0.1) is 0 Å². The van der Waals surface area contributed by atoms with Crippen LogP contribution in [0.15, 0.2) is 36.5 Å². The van der Waals surface area contributed by atoms with Crippen LogP contribution < -0.4 is 10.5 Å². The molecule has 0 bridgehead atoms. The molecule has 2 aromatic rings. The molecule has 21 heavy (non-hydrogen) atoms. The van der Waals surface area contributed by atoms with Crippen molar-refractivity contribution in [1.29, 1.82) is 0 Å². The summed E-state index contributed by atoms with van der Waals surface area (Å²) in [7, 11) is 0. The van der Waals surface area contributed by atoms with Gasteiger partial charge in [-0.05, 0) is 18.2 Å². The normalized spacial score (nSPS) is 11.2. The summed E-state index contributed by atoms with van der Waals surface area (Å²) >= 11 is 0. The molecule has 110 valence electrons. The fourth-order valence-corrected chi connectivity index (χ4v) is 1.49. The molecule has 0 amide bonds. The number of benzene rings is 1. The Balaban J connectivity index is 2.39. The molecular formula is C12H8F3N3O3. The summed E-state index contributed by atoms with van der Waals surface area (Å²) in [6, 6.07) is 4.76. The Kier molecular flexibility index (Phi) is 3.66. The number of hydrogen-bond acceptors (Lipinski definition) is 5. The van der Waals surface area contributed by atoms with Crippen LogP contribution in [0.3, 0.4) is 0 Å². The van der Waals surface area contributed by atoms with Crippen molar-refractivity contribution in [3.8, 4) is 11.6 Å². The minimum atomic E-state index is -4.68. The van der Waals surface area contributed by atoms with Crippen LogP contribution in [-0.4, -0.2) is 9.91 Å². The van der Waals surface area contributed by atoms with Crippen LogP contribution in [0.4, 0.5) is 24.5 Å². The topological polar surface area (TPSA) is 91.3 Å². The molecule has 0 unspecified atom stereocenters. The van der Waals surface area contributed by atoms with Crippen molar-refractivity contribution in [3.05, 3.63) is 52.2 Å². The van der Waals surface area contributed by atoms with Gasteiger partial charge < -0.3 is 10.5 Å². The van der Waals surface area contributed by atoms with Crippen LogP contribution in [0.5, 0.6) is 11.6 Å². The second kappa shape index (κ2) is 5.27. The average Bonchev–Trinajstić information content (AvgIpc) is 2.40. The first-order valence-electron chi connectivity index (χ1n) is 5.52. The first-order chi connectivity index (χ1) is 9.77. The van der Waals surface area contributed by atoms with E-state index in [0.29, 0.717) is 17.8 Å². The minimum absolute atomic E-state index is 0.0212. The number of nitrogen functional groups attached to an aromatic ring is 1. The molecule has 2 N–H and O–H groups in total. The van der Waals surface area contributed by atoms with Crippen molar-refractivity contribution in [2.24, 2.45) is 0 Å². The molecule has 0 aliphatic heterocycles. The van der Waals surface area contributed by atoms with Crippen molar-refractivity contribution < 1.29 is 22.8 Å². The number of ether oxygens (including phenoxy) is 1. The number of nitro groups is 1. The summed E-state index contributed by atoms with van der Waals surface area (Å²) < 4.78 is 42.8. The number of nitrogens with zero attached hydrogens (tertiary/aromatic N) is 2. The lowest BCUT2D eigenvalue weighted by Gasteiger charge is -2.09. The Morgan fingerprint density at radius 1 is 1.24 bits per heavy atom. The molecule has 0 atom stereocenters. The summed E-state index contributed by atoms with van der Waals surface area (Å²) in [5.41, 5.74) is 3.83. The van der Waals surface area contributed by atoms with Gasteiger partial charge in [0.1, 0.15) is 0 Å². The molecule has 0 radical (unpaired) electrons. The maximum atomic E-state index is 12.5. The van der Waals surface area contributed by atoms with Gasteiger partial charge in [0.05, 0.1) is 22.4 Å². The van der Waals surface area contributed by atoms with Gasteiger partial charge in [-0.3, -0.25) is 10.1 Å². The quantitative estimate of drug-likeness (QED) is 0.693. The SMILES string of the molecule is Nc1ccc(Oc2ccc(C(F)(F)F)cc2[N+](=O)[O-])nc1.